The standard InChI is InChI=1S/C14H26N2O/c1-17-13-6-4-12(5-7-13)16-8-2-3-11-9-15-10-14(11)16/h11-15H,2-10H2,1H3. The summed E-state index contributed by atoms with van der Waals surface area (Å²) >= 11 is 0. The van der Waals surface area contributed by atoms with Crippen LogP contribution in [0.2, 0.25) is 0 Å². The Morgan fingerprint density at radius 2 is 1.88 bits per heavy atom. The Balaban J connectivity index is 1.60. The van der Waals surface area contributed by atoms with Crippen molar-refractivity contribution in [3.63, 3.8) is 0 Å². The van der Waals surface area contributed by atoms with Gasteiger partial charge < -0.3 is 10.1 Å². The highest BCUT2D eigenvalue weighted by Crippen LogP contribution is 2.33. The van der Waals surface area contributed by atoms with Crippen LogP contribution in [0.15, 0.2) is 0 Å². The number of nitrogens with zero attached hydrogens (tertiary/aromatic N) is 1. The van der Waals surface area contributed by atoms with Crippen LogP contribution in [-0.4, -0.2) is 49.8 Å². The van der Waals surface area contributed by atoms with Crippen molar-refractivity contribution in [1.82, 2.24) is 10.2 Å². The third-order valence-electron chi connectivity index (χ3n) is 5.17. The first-order chi connectivity index (χ1) is 8.38. The van der Waals surface area contributed by atoms with Crippen LogP contribution in [0.3, 0.4) is 0 Å². The third-order valence-corrected chi connectivity index (χ3v) is 5.17. The Kier molecular flexibility index (Phi) is 3.69. The van der Waals surface area contributed by atoms with E-state index in [-0.39, 0.29) is 0 Å². The van der Waals surface area contributed by atoms with Crippen molar-refractivity contribution < 1.29 is 4.74 Å². The molecule has 98 valence electrons. The molecule has 2 unspecified atom stereocenters. The summed E-state index contributed by atoms with van der Waals surface area (Å²) in [4.78, 5) is 2.83. The van der Waals surface area contributed by atoms with E-state index in [4.69, 9.17) is 4.74 Å². The lowest BCUT2D eigenvalue weighted by Gasteiger charge is -2.44. The highest BCUT2D eigenvalue weighted by molar-refractivity contribution is 4.95. The summed E-state index contributed by atoms with van der Waals surface area (Å²) in [5.74, 6) is 0.934. The average molecular weight is 238 g/mol. The molecule has 1 N–H and O–H groups in total. The summed E-state index contributed by atoms with van der Waals surface area (Å²) in [6.07, 6.45) is 8.62. The van der Waals surface area contributed by atoms with Crippen molar-refractivity contribution in [2.24, 2.45) is 5.92 Å². The number of fused-ring (bicyclic) bond motifs is 1. The number of rotatable bonds is 2. The highest BCUT2D eigenvalue weighted by Gasteiger charge is 2.39. The summed E-state index contributed by atoms with van der Waals surface area (Å²) in [5, 5.41) is 3.59. The van der Waals surface area contributed by atoms with Gasteiger partial charge in [0.15, 0.2) is 0 Å². The SMILES string of the molecule is COC1CCC(N2CCCC3CNCC32)CC1. The van der Waals surface area contributed by atoms with Crippen molar-refractivity contribution in [2.75, 3.05) is 26.7 Å². The molecule has 2 aliphatic heterocycles. The van der Waals surface area contributed by atoms with Crippen LogP contribution in [0.5, 0.6) is 0 Å². The molecule has 2 atom stereocenters. The molecule has 0 aromatic carbocycles. The molecule has 2 heterocycles. The molecule has 0 spiro atoms. The van der Waals surface area contributed by atoms with Crippen LogP contribution in [0, 0.1) is 5.92 Å². The predicted octanol–water partition coefficient (Wildman–Crippen LogP) is 1.63. The topological polar surface area (TPSA) is 24.5 Å². The van der Waals surface area contributed by atoms with Gasteiger partial charge in [-0.25, -0.2) is 0 Å². The second-order valence-electron chi connectivity index (χ2n) is 6.03. The van der Waals surface area contributed by atoms with Gasteiger partial charge >= 0.3 is 0 Å². The van der Waals surface area contributed by atoms with Gasteiger partial charge in [-0.2, -0.15) is 0 Å². The lowest BCUT2D eigenvalue weighted by molar-refractivity contribution is 0.0101. The molecule has 3 fully saturated rings. The van der Waals surface area contributed by atoms with E-state index in [2.05, 4.69) is 10.2 Å². The number of ether oxygens (including phenoxy) is 1. The number of methoxy groups -OCH3 is 1. The second-order valence-corrected chi connectivity index (χ2v) is 6.03. The maximum atomic E-state index is 5.48. The van der Waals surface area contributed by atoms with Crippen LogP contribution in [0.1, 0.15) is 38.5 Å². The highest BCUT2D eigenvalue weighted by atomic mass is 16.5. The molecule has 0 radical (unpaired) electrons. The Hall–Kier alpha value is -0.120. The van der Waals surface area contributed by atoms with Crippen molar-refractivity contribution in [1.29, 1.82) is 0 Å². The molecule has 0 amide bonds. The van der Waals surface area contributed by atoms with Gasteiger partial charge in [-0.05, 0) is 57.5 Å². The molecule has 0 aromatic heterocycles. The van der Waals surface area contributed by atoms with Crippen LogP contribution >= 0.6 is 0 Å². The van der Waals surface area contributed by atoms with Crippen LogP contribution < -0.4 is 5.32 Å². The van der Waals surface area contributed by atoms with E-state index < -0.39 is 0 Å². The number of nitrogens with one attached hydrogen (secondary N) is 1. The third kappa shape index (κ3) is 2.38. The molecular weight excluding hydrogens is 212 g/mol. The number of piperidine rings is 1. The van der Waals surface area contributed by atoms with Crippen LogP contribution in [0.25, 0.3) is 0 Å². The first-order valence-electron chi connectivity index (χ1n) is 7.37. The molecule has 3 heteroatoms. The van der Waals surface area contributed by atoms with Gasteiger partial charge in [0.2, 0.25) is 0 Å². The lowest BCUT2D eigenvalue weighted by atomic mass is 9.86. The Morgan fingerprint density at radius 3 is 2.65 bits per heavy atom. The maximum Gasteiger partial charge on any atom is 0.0572 e. The van der Waals surface area contributed by atoms with E-state index in [9.17, 15) is 0 Å². The molecule has 0 bridgehead atoms. The normalized spacial score (nSPS) is 43.6. The second kappa shape index (κ2) is 5.25. The molecule has 1 saturated carbocycles. The summed E-state index contributed by atoms with van der Waals surface area (Å²) in [6.45, 7) is 3.83. The minimum atomic E-state index is 0.536. The van der Waals surface area contributed by atoms with Gasteiger partial charge in [-0.3, -0.25) is 4.90 Å². The summed E-state index contributed by atoms with van der Waals surface area (Å²) < 4.78 is 5.48. The molecule has 3 nitrogen and oxygen atoms in total. The van der Waals surface area contributed by atoms with E-state index >= 15 is 0 Å². The molecule has 3 aliphatic rings. The van der Waals surface area contributed by atoms with Gasteiger partial charge in [0.1, 0.15) is 0 Å². The zero-order valence-electron chi connectivity index (χ0n) is 11.0. The van der Waals surface area contributed by atoms with Gasteiger partial charge in [-0.1, -0.05) is 0 Å². The minimum absolute atomic E-state index is 0.536. The van der Waals surface area contributed by atoms with E-state index in [0.717, 1.165) is 18.0 Å². The zero-order valence-corrected chi connectivity index (χ0v) is 11.0. The first kappa shape index (κ1) is 11.9. The summed E-state index contributed by atoms with van der Waals surface area (Å²) in [6, 6.07) is 1.68. The van der Waals surface area contributed by atoms with Crippen LogP contribution in [-0.2, 0) is 4.74 Å². The largest absolute Gasteiger partial charge is 0.381 e. The molecule has 1 aliphatic carbocycles. The van der Waals surface area contributed by atoms with Crippen molar-refractivity contribution >= 4 is 0 Å². The van der Waals surface area contributed by atoms with E-state index in [0.29, 0.717) is 6.10 Å². The average Bonchev–Trinajstić information content (AvgIpc) is 2.87. The van der Waals surface area contributed by atoms with Crippen molar-refractivity contribution in [3.8, 4) is 0 Å². The van der Waals surface area contributed by atoms with E-state index in [1.807, 2.05) is 7.11 Å². The van der Waals surface area contributed by atoms with Crippen molar-refractivity contribution in [2.45, 2.75) is 56.7 Å². The van der Waals surface area contributed by atoms with Crippen LogP contribution in [0.4, 0.5) is 0 Å². The molecule has 3 rings (SSSR count). The van der Waals surface area contributed by atoms with Crippen molar-refractivity contribution in [3.05, 3.63) is 0 Å². The Morgan fingerprint density at radius 1 is 1.06 bits per heavy atom. The van der Waals surface area contributed by atoms with Gasteiger partial charge in [0.25, 0.3) is 0 Å². The number of likely N-dealkylation sites (tertiary alicyclic amines) is 1. The smallest absolute Gasteiger partial charge is 0.0572 e. The monoisotopic (exact) mass is 238 g/mol. The summed E-state index contributed by atoms with van der Waals surface area (Å²) in [7, 11) is 1.86. The Bertz CT molecular complexity index is 251. The molecule has 0 aromatic rings. The fourth-order valence-electron chi connectivity index (χ4n) is 4.17. The zero-order chi connectivity index (χ0) is 11.7. The molecule has 17 heavy (non-hydrogen) atoms. The van der Waals surface area contributed by atoms with Gasteiger partial charge in [-0.15, -0.1) is 0 Å². The van der Waals surface area contributed by atoms with Gasteiger partial charge in [0, 0.05) is 25.7 Å². The number of hydrogen-bond donors (Lipinski definition) is 1. The van der Waals surface area contributed by atoms with E-state index in [1.54, 1.807) is 0 Å². The quantitative estimate of drug-likeness (QED) is 0.791. The first-order valence-corrected chi connectivity index (χ1v) is 7.37. The van der Waals surface area contributed by atoms with E-state index in [1.165, 1.54) is 58.2 Å². The number of hydrogen-bond acceptors (Lipinski definition) is 3. The van der Waals surface area contributed by atoms with Gasteiger partial charge in [0.05, 0.1) is 6.10 Å². The fourth-order valence-corrected chi connectivity index (χ4v) is 4.17. The minimum Gasteiger partial charge on any atom is -0.381 e. The lowest BCUT2D eigenvalue weighted by Crippen LogP contribution is -2.51. The fraction of sp³-hybridized carbons (Fsp3) is 1.00. The molecule has 2 saturated heterocycles. The molecular formula is C14H26N2O. The summed E-state index contributed by atoms with van der Waals surface area (Å²) in [5.41, 5.74) is 0. The Labute approximate surface area is 105 Å². The maximum absolute atomic E-state index is 5.48. The predicted molar refractivity (Wildman–Crippen MR) is 69.1 cm³/mol.